The van der Waals surface area contributed by atoms with Crippen molar-refractivity contribution in [2.75, 3.05) is 25.0 Å². The highest BCUT2D eigenvalue weighted by Crippen LogP contribution is 2.22. The molecule has 0 unspecified atom stereocenters. The minimum absolute atomic E-state index is 0.0285. The Morgan fingerprint density at radius 1 is 1.10 bits per heavy atom. The topological polar surface area (TPSA) is 106 Å². The normalized spacial score (nSPS) is 18.7. The van der Waals surface area contributed by atoms with Crippen molar-refractivity contribution >= 4 is 34.8 Å². The first-order chi connectivity index (χ1) is 13.9. The highest BCUT2D eigenvalue weighted by atomic mass is 35.5. The molecule has 1 heterocycles. The third-order valence-electron chi connectivity index (χ3n) is 4.93. The van der Waals surface area contributed by atoms with Gasteiger partial charge in [-0.15, -0.1) is 0 Å². The lowest BCUT2D eigenvalue weighted by molar-refractivity contribution is -0.897. The van der Waals surface area contributed by atoms with Gasteiger partial charge in [-0.2, -0.15) is 0 Å². The molecule has 9 heteroatoms. The molecule has 3 rings (SSSR count). The van der Waals surface area contributed by atoms with Crippen LogP contribution in [0.25, 0.3) is 0 Å². The van der Waals surface area contributed by atoms with Crippen LogP contribution in [0.1, 0.15) is 23.2 Å². The van der Waals surface area contributed by atoms with Gasteiger partial charge in [-0.05, 0) is 18.2 Å². The van der Waals surface area contributed by atoms with E-state index < -0.39 is 4.92 Å². The number of carbonyl (C=O) groups is 2. The van der Waals surface area contributed by atoms with E-state index in [1.165, 1.54) is 12.1 Å². The molecule has 2 aromatic rings. The standard InChI is InChI=1S/C20H21ClN4O4/c21-16-6-2-1-5-15(16)20(27)22-14-9-11-24(12-10-14)13-19(26)23-17-7-3-4-8-18(17)25(28)29/h1-8,14H,9-13H2,(H,22,27)(H,23,26)/p+1. The summed E-state index contributed by atoms with van der Waals surface area (Å²) in [5.41, 5.74) is 0.522. The maximum absolute atomic E-state index is 12.4. The van der Waals surface area contributed by atoms with E-state index in [1.54, 1.807) is 36.4 Å². The molecule has 29 heavy (non-hydrogen) atoms. The molecule has 0 aliphatic carbocycles. The summed E-state index contributed by atoms with van der Waals surface area (Å²) >= 11 is 6.06. The SMILES string of the molecule is O=C(C[NH+]1CCC(NC(=O)c2ccccc2Cl)CC1)Nc1ccccc1[N+](=O)[O-]. The van der Waals surface area contributed by atoms with Crippen LogP contribution in [0, 0.1) is 10.1 Å². The zero-order valence-corrected chi connectivity index (χ0v) is 16.4. The third-order valence-corrected chi connectivity index (χ3v) is 5.26. The zero-order valence-electron chi connectivity index (χ0n) is 15.7. The molecule has 1 fully saturated rings. The van der Waals surface area contributed by atoms with Gasteiger partial charge in [-0.3, -0.25) is 19.7 Å². The monoisotopic (exact) mass is 417 g/mol. The molecule has 8 nitrogen and oxygen atoms in total. The van der Waals surface area contributed by atoms with Crippen LogP contribution in [0.15, 0.2) is 48.5 Å². The smallest absolute Gasteiger partial charge is 0.292 e. The Morgan fingerprint density at radius 3 is 2.45 bits per heavy atom. The maximum atomic E-state index is 12.4. The number of rotatable bonds is 6. The Balaban J connectivity index is 1.47. The van der Waals surface area contributed by atoms with E-state index in [9.17, 15) is 19.7 Å². The van der Waals surface area contributed by atoms with Gasteiger partial charge in [0, 0.05) is 24.9 Å². The molecular weight excluding hydrogens is 396 g/mol. The molecule has 3 N–H and O–H groups in total. The molecule has 1 aliphatic rings. The van der Waals surface area contributed by atoms with E-state index in [2.05, 4.69) is 10.6 Å². The highest BCUT2D eigenvalue weighted by molar-refractivity contribution is 6.33. The predicted octanol–water partition coefficient (Wildman–Crippen LogP) is 1.66. The average molecular weight is 418 g/mol. The van der Waals surface area contributed by atoms with E-state index in [0.29, 0.717) is 10.6 Å². The van der Waals surface area contributed by atoms with Crippen molar-refractivity contribution < 1.29 is 19.4 Å². The summed E-state index contributed by atoms with van der Waals surface area (Å²) in [6.45, 7) is 1.66. The van der Waals surface area contributed by atoms with Crippen LogP contribution in [-0.4, -0.2) is 42.4 Å². The number of hydrogen-bond acceptors (Lipinski definition) is 4. The van der Waals surface area contributed by atoms with Gasteiger partial charge in [0.15, 0.2) is 6.54 Å². The summed E-state index contributed by atoms with van der Waals surface area (Å²) in [6, 6.07) is 13.0. The van der Waals surface area contributed by atoms with Gasteiger partial charge in [0.1, 0.15) is 5.69 Å². The number of likely N-dealkylation sites (tertiary alicyclic amines) is 1. The number of anilines is 1. The first kappa shape index (κ1) is 20.8. The molecule has 0 saturated carbocycles. The van der Waals surface area contributed by atoms with Gasteiger partial charge >= 0.3 is 0 Å². The Labute approximate surface area is 173 Å². The molecule has 1 aliphatic heterocycles. The largest absolute Gasteiger partial charge is 0.349 e. The molecule has 0 aromatic heterocycles. The van der Waals surface area contributed by atoms with Crippen molar-refractivity contribution in [3.63, 3.8) is 0 Å². The Hall–Kier alpha value is -2.97. The summed E-state index contributed by atoms with van der Waals surface area (Å²) < 4.78 is 0. The van der Waals surface area contributed by atoms with Gasteiger partial charge in [-0.1, -0.05) is 35.9 Å². The lowest BCUT2D eigenvalue weighted by Crippen LogP contribution is -3.14. The second-order valence-corrected chi connectivity index (χ2v) is 7.38. The fraction of sp³-hybridized carbons (Fsp3) is 0.300. The van der Waals surface area contributed by atoms with Crippen LogP contribution in [-0.2, 0) is 4.79 Å². The maximum Gasteiger partial charge on any atom is 0.292 e. The van der Waals surface area contributed by atoms with Crippen LogP contribution >= 0.6 is 11.6 Å². The van der Waals surface area contributed by atoms with Crippen molar-refractivity contribution in [3.05, 3.63) is 69.2 Å². The lowest BCUT2D eigenvalue weighted by atomic mass is 10.0. The summed E-state index contributed by atoms with van der Waals surface area (Å²) in [5.74, 6) is -0.467. The van der Waals surface area contributed by atoms with Crippen molar-refractivity contribution in [2.24, 2.45) is 0 Å². The number of nitrogens with zero attached hydrogens (tertiary/aromatic N) is 1. The summed E-state index contributed by atoms with van der Waals surface area (Å²) in [5, 5.41) is 17.1. The van der Waals surface area contributed by atoms with Crippen molar-refractivity contribution in [1.29, 1.82) is 0 Å². The average Bonchev–Trinajstić information content (AvgIpc) is 2.70. The molecule has 2 amide bonds. The number of benzene rings is 2. The zero-order chi connectivity index (χ0) is 20.8. The molecule has 0 atom stereocenters. The third kappa shape index (κ3) is 5.52. The fourth-order valence-corrected chi connectivity index (χ4v) is 3.64. The second kappa shape index (κ2) is 9.49. The number of nitro benzene ring substituents is 1. The van der Waals surface area contributed by atoms with E-state index >= 15 is 0 Å². The van der Waals surface area contributed by atoms with E-state index in [0.717, 1.165) is 30.8 Å². The number of amides is 2. The second-order valence-electron chi connectivity index (χ2n) is 6.98. The molecule has 2 aromatic carbocycles. The van der Waals surface area contributed by atoms with Crippen LogP contribution in [0.5, 0.6) is 0 Å². The van der Waals surface area contributed by atoms with Gasteiger partial charge in [0.25, 0.3) is 17.5 Å². The number of quaternary nitrogens is 1. The fourth-order valence-electron chi connectivity index (χ4n) is 3.42. The molecule has 0 bridgehead atoms. The van der Waals surface area contributed by atoms with E-state index in [-0.39, 0.29) is 35.8 Å². The van der Waals surface area contributed by atoms with Gasteiger partial charge in [0.05, 0.1) is 28.6 Å². The molecule has 0 radical (unpaired) electrons. The van der Waals surface area contributed by atoms with Gasteiger partial charge in [0.2, 0.25) is 0 Å². The van der Waals surface area contributed by atoms with Crippen LogP contribution in [0.4, 0.5) is 11.4 Å². The number of nitro groups is 1. The quantitative estimate of drug-likeness (QED) is 0.491. The number of hydrogen-bond donors (Lipinski definition) is 3. The minimum Gasteiger partial charge on any atom is -0.349 e. The van der Waals surface area contributed by atoms with Crippen LogP contribution < -0.4 is 15.5 Å². The number of para-hydroxylation sites is 2. The van der Waals surface area contributed by atoms with E-state index in [1.807, 2.05) is 0 Å². The van der Waals surface area contributed by atoms with E-state index in [4.69, 9.17) is 11.6 Å². The summed E-state index contributed by atoms with van der Waals surface area (Å²) in [6.07, 6.45) is 1.48. The minimum atomic E-state index is -0.518. The molecule has 1 saturated heterocycles. The summed E-state index contributed by atoms with van der Waals surface area (Å²) in [7, 11) is 0. The van der Waals surface area contributed by atoms with Crippen LogP contribution in [0.2, 0.25) is 5.02 Å². The van der Waals surface area contributed by atoms with Crippen molar-refractivity contribution in [2.45, 2.75) is 18.9 Å². The number of piperidine rings is 1. The Kier molecular flexibility index (Phi) is 6.79. The van der Waals surface area contributed by atoms with Crippen molar-refractivity contribution in [3.8, 4) is 0 Å². The predicted molar refractivity (Wildman–Crippen MR) is 109 cm³/mol. The number of carbonyl (C=O) groups excluding carboxylic acids is 2. The Morgan fingerprint density at radius 2 is 1.76 bits per heavy atom. The van der Waals surface area contributed by atoms with Gasteiger partial charge < -0.3 is 15.5 Å². The van der Waals surface area contributed by atoms with Gasteiger partial charge in [-0.25, -0.2) is 0 Å². The van der Waals surface area contributed by atoms with Crippen molar-refractivity contribution in [1.82, 2.24) is 5.32 Å². The molecule has 152 valence electrons. The Bertz CT molecular complexity index is 913. The number of halogens is 1. The first-order valence-electron chi connectivity index (χ1n) is 9.36. The number of nitrogens with one attached hydrogen (secondary N) is 3. The highest BCUT2D eigenvalue weighted by Gasteiger charge is 2.26. The summed E-state index contributed by atoms with van der Waals surface area (Å²) in [4.78, 5) is 36.3. The lowest BCUT2D eigenvalue weighted by Gasteiger charge is -2.29. The molecule has 0 spiro atoms. The molecular formula is C20H22ClN4O4+. The first-order valence-corrected chi connectivity index (χ1v) is 9.74. The van der Waals surface area contributed by atoms with Crippen LogP contribution in [0.3, 0.4) is 0 Å².